The first-order valence-electron chi connectivity index (χ1n) is 4.83. The molecule has 5 heteroatoms. The van der Waals surface area contributed by atoms with Gasteiger partial charge in [-0.15, -0.1) is 0 Å². The number of hydrogen-bond donors (Lipinski definition) is 1. The minimum atomic E-state index is 0.0289. The van der Waals surface area contributed by atoms with Crippen molar-refractivity contribution in [2.24, 2.45) is 5.73 Å². The standard InChI is InChI=1S/C11H11BrIN3/c1-7(14)10-3-2-9(4-11(10)12)16-6-8(13)5-15-16/h2-7H,14H2,1H3/t7-/m0/s1. The van der Waals surface area contributed by atoms with Gasteiger partial charge in [0, 0.05) is 16.7 Å². The van der Waals surface area contributed by atoms with Gasteiger partial charge in [-0.2, -0.15) is 5.10 Å². The number of nitrogens with zero attached hydrogens (tertiary/aromatic N) is 2. The van der Waals surface area contributed by atoms with E-state index in [-0.39, 0.29) is 6.04 Å². The molecule has 0 radical (unpaired) electrons. The van der Waals surface area contributed by atoms with Crippen molar-refractivity contribution in [3.8, 4) is 5.69 Å². The van der Waals surface area contributed by atoms with Gasteiger partial charge in [-0.25, -0.2) is 4.68 Å². The highest BCUT2D eigenvalue weighted by atomic mass is 127. The highest BCUT2D eigenvalue weighted by molar-refractivity contribution is 14.1. The van der Waals surface area contributed by atoms with Crippen LogP contribution in [0.1, 0.15) is 18.5 Å². The molecule has 0 aliphatic rings. The van der Waals surface area contributed by atoms with E-state index >= 15 is 0 Å². The summed E-state index contributed by atoms with van der Waals surface area (Å²) < 4.78 is 3.98. The van der Waals surface area contributed by atoms with Crippen molar-refractivity contribution >= 4 is 38.5 Å². The third-order valence-electron chi connectivity index (χ3n) is 2.29. The summed E-state index contributed by atoms with van der Waals surface area (Å²) in [6.07, 6.45) is 3.81. The fourth-order valence-electron chi connectivity index (χ4n) is 1.47. The first-order chi connectivity index (χ1) is 7.58. The van der Waals surface area contributed by atoms with Crippen molar-refractivity contribution < 1.29 is 0 Å². The number of nitrogens with two attached hydrogens (primary N) is 1. The molecule has 2 rings (SSSR count). The van der Waals surface area contributed by atoms with Crippen molar-refractivity contribution in [2.45, 2.75) is 13.0 Å². The summed E-state index contributed by atoms with van der Waals surface area (Å²) in [5, 5.41) is 4.26. The van der Waals surface area contributed by atoms with Crippen LogP contribution in [0, 0.1) is 3.57 Å². The normalized spacial score (nSPS) is 12.8. The van der Waals surface area contributed by atoms with Crippen LogP contribution in [0.3, 0.4) is 0 Å². The lowest BCUT2D eigenvalue weighted by atomic mass is 10.1. The molecule has 0 unspecified atom stereocenters. The van der Waals surface area contributed by atoms with Gasteiger partial charge in [0.25, 0.3) is 0 Å². The lowest BCUT2D eigenvalue weighted by Gasteiger charge is -2.10. The summed E-state index contributed by atoms with van der Waals surface area (Å²) in [5.74, 6) is 0. The molecule has 1 heterocycles. The quantitative estimate of drug-likeness (QED) is 0.798. The Hall–Kier alpha value is -0.400. The van der Waals surface area contributed by atoms with Gasteiger partial charge < -0.3 is 5.73 Å². The Bertz CT molecular complexity index is 508. The molecule has 0 bridgehead atoms. The van der Waals surface area contributed by atoms with Crippen LogP contribution >= 0.6 is 38.5 Å². The van der Waals surface area contributed by atoms with E-state index in [9.17, 15) is 0 Å². The van der Waals surface area contributed by atoms with E-state index in [0.29, 0.717) is 0 Å². The second-order valence-electron chi connectivity index (χ2n) is 3.60. The topological polar surface area (TPSA) is 43.8 Å². The van der Waals surface area contributed by atoms with E-state index in [2.05, 4.69) is 43.6 Å². The van der Waals surface area contributed by atoms with Gasteiger partial charge in [-0.05, 0) is 47.2 Å². The molecule has 0 spiro atoms. The van der Waals surface area contributed by atoms with Crippen molar-refractivity contribution in [1.29, 1.82) is 0 Å². The molecular formula is C11H11BrIN3. The minimum absolute atomic E-state index is 0.0289. The van der Waals surface area contributed by atoms with E-state index in [0.717, 1.165) is 19.3 Å². The van der Waals surface area contributed by atoms with Crippen molar-refractivity contribution in [3.05, 3.63) is 44.2 Å². The summed E-state index contributed by atoms with van der Waals surface area (Å²) in [4.78, 5) is 0. The van der Waals surface area contributed by atoms with Crippen molar-refractivity contribution in [1.82, 2.24) is 9.78 Å². The molecule has 1 aromatic heterocycles. The van der Waals surface area contributed by atoms with E-state index in [4.69, 9.17) is 5.73 Å². The summed E-state index contributed by atoms with van der Waals surface area (Å²) in [5.41, 5.74) is 7.98. The highest BCUT2D eigenvalue weighted by Crippen LogP contribution is 2.24. The predicted octanol–water partition coefficient (Wildman–Crippen LogP) is 3.26. The Morgan fingerprint density at radius 2 is 2.25 bits per heavy atom. The molecule has 0 aliphatic carbocycles. The summed E-state index contributed by atoms with van der Waals surface area (Å²) in [6, 6.07) is 6.11. The van der Waals surface area contributed by atoms with Crippen LogP contribution in [0.4, 0.5) is 0 Å². The molecule has 0 saturated heterocycles. The third-order valence-corrected chi connectivity index (χ3v) is 3.53. The summed E-state index contributed by atoms with van der Waals surface area (Å²) in [7, 11) is 0. The van der Waals surface area contributed by atoms with Gasteiger partial charge >= 0.3 is 0 Å². The lowest BCUT2D eigenvalue weighted by molar-refractivity contribution is 0.809. The molecule has 0 aliphatic heterocycles. The van der Waals surface area contributed by atoms with Gasteiger partial charge in [0.1, 0.15) is 0 Å². The van der Waals surface area contributed by atoms with Crippen LogP contribution in [0.25, 0.3) is 5.69 Å². The van der Waals surface area contributed by atoms with Gasteiger partial charge in [0.15, 0.2) is 0 Å². The second kappa shape index (κ2) is 4.85. The maximum atomic E-state index is 5.85. The van der Waals surface area contributed by atoms with Crippen LogP contribution < -0.4 is 5.73 Å². The molecule has 16 heavy (non-hydrogen) atoms. The maximum absolute atomic E-state index is 5.85. The smallest absolute Gasteiger partial charge is 0.0657 e. The van der Waals surface area contributed by atoms with Gasteiger partial charge in [0.05, 0.1) is 15.5 Å². The molecule has 3 nitrogen and oxygen atoms in total. The Morgan fingerprint density at radius 1 is 1.50 bits per heavy atom. The van der Waals surface area contributed by atoms with E-state index < -0.39 is 0 Å². The second-order valence-corrected chi connectivity index (χ2v) is 5.70. The van der Waals surface area contributed by atoms with E-state index in [1.165, 1.54) is 0 Å². The fourth-order valence-corrected chi connectivity index (χ4v) is 2.59. The Balaban J connectivity index is 2.42. The largest absolute Gasteiger partial charge is 0.324 e. The van der Waals surface area contributed by atoms with Crippen LogP contribution in [-0.4, -0.2) is 9.78 Å². The van der Waals surface area contributed by atoms with Crippen LogP contribution in [0.5, 0.6) is 0 Å². The molecule has 0 fully saturated rings. The Kier molecular flexibility index (Phi) is 3.66. The zero-order valence-corrected chi connectivity index (χ0v) is 12.4. The number of benzene rings is 1. The zero-order chi connectivity index (χ0) is 11.7. The van der Waals surface area contributed by atoms with Crippen LogP contribution in [-0.2, 0) is 0 Å². The number of hydrogen-bond acceptors (Lipinski definition) is 2. The zero-order valence-electron chi connectivity index (χ0n) is 8.69. The maximum Gasteiger partial charge on any atom is 0.0657 e. The first kappa shape index (κ1) is 12.1. The molecule has 84 valence electrons. The average molecular weight is 392 g/mol. The van der Waals surface area contributed by atoms with Crippen LogP contribution in [0.2, 0.25) is 0 Å². The SMILES string of the molecule is C[C@H](N)c1ccc(-n2cc(I)cn2)cc1Br. The van der Waals surface area contributed by atoms with Crippen molar-refractivity contribution in [2.75, 3.05) is 0 Å². The molecule has 2 N–H and O–H groups in total. The molecule has 2 aromatic rings. The van der Waals surface area contributed by atoms with Crippen molar-refractivity contribution in [3.63, 3.8) is 0 Å². The van der Waals surface area contributed by atoms with Gasteiger partial charge in [0.2, 0.25) is 0 Å². The molecule has 0 amide bonds. The van der Waals surface area contributed by atoms with E-state index in [1.54, 1.807) is 0 Å². The monoisotopic (exact) mass is 391 g/mol. The number of rotatable bonds is 2. The Labute approximate surface area is 116 Å². The average Bonchev–Trinajstić information content (AvgIpc) is 2.64. The minimum Gasteiger partial charge on any atom is -0.324 e. The van der Waals surface area contributed by atoms with Crippen LogP contribution in [0.15, 0.2) is 35.1 Å². The molecule has 1 atom stereocenters. The highest BCUT2D eigenvalue weighted by Gasteiger charge is 2.07. The Morgan fingerprint density at radius 3 is 2.75 bits per heavy atom. The van der Waals surface area contributed by atoms with Gasteiger partial charge in [-0.1, -0.05) is 22.0 Å². The lowest BCUT2D eigenvalue weighted by Crippen LogP contribution is -2.06. The first-order valence-corrected chi connectivity index (χ1v) is 6.70. The third kappa shape index (κ3) is 2.46. The van der Waals surface area contributed by atoms with Gasteiger partial charge in [-0.3, -0.25) is 0 Å². The number of aromatic nitrogens is 2. The molecule has 1 aromatic carbocycles. The van der Waals surface area contributed by atoms with E-state index in [1.807, 2.05) is 42.2 Å². The summed E-state index contributed by atoms with van der Waals surface area (Å²) in [6.45, 7) is 1.97. The number of halogens is 2. The fraction of sp³-hybridized carbons (Fsp3) is 0.182. The predicted molar refractivity (Wildman–Crippen MR) is 76.6 cm³/mol. The summed E-state index contributed by atoms with van der Waals surface area (Å²) >= 11 is 5.77. The molecule has 0 saturated carbocycles. The molecular weight excluding hydrogens is 381 g/mol.